The summed E-state index contributed by atoms with van der Waals surface area (Å²) in [5.41, 5.74) is 5.32. The molecule has 8 atom stereocenters. The van der Waals surface area contributed by atoms with E-state index in [0.717, 1.165) is 19.3 Å². The number of nitro groups is 1. The van der Waals surface area contributed by atoms with Gasteiger partial charge in [0.05, 0.1) is 29.5 Å². The van der Waals surface area contributed by atoms with E-state index < -0.39 is 71.3 Å². The fraction of sp³-hybridized carbons (Fsp3) is 0.389. The minimum absolute atomic E-state index is 0.0225. The van der Waals surface area contributed by atoms with Gasteiger partial charge in [-0.05, 0) is 13.0 Å². The molecule has 1 saturated heterocycles. The summed E-state index contributed by atoms with van der Waals surface area (Å²) in [6.07, 6.45) is -5.44. The Kier molecular flexibility index (Phi) is 9.27. The first-order chi connectivity index (χ1) is 19.5. The molecule has 0 spiro atoms. The Morgan fingerprint density at radius 1 is 1.12 bits per heavy atom. The van der Waals surface area contributed by atoms with Crippen LogP contribution in [0.3, 0.4) is 0 Å². The zero-order valence-corrected chi connectivity index (χ0v) is 23.7. The normalized spacial score (nSPS) is 25.9. The van der Waals surface area contributed by atoms with Gasteiger partial charge in [-0.3, -0.25) is 23.7 Å². The van der Waals surface area contributed by atoms with E-state index in [2.05, 4.69) is 32.6 Å². The molecule has 0 saturated carbocycles. The van der Waals surface area contributed by atoms with Crippen LogP contribution in [0.5, 0.6) is 0 Å². The molecule has 2 aromatic heterocycles. The van der Waals surface area contributed by atoms with Crippen molar-refractivity contribution in [2.45, 2.75) is 37.6 Å². The Morgan fingerprint density at radius 2 is 1.81 bits per heavy atom. The summed E-state index contributed by atoms with van der Waals surface area (Å²) in [6, 6.07) is 4.94. The molecule has 0 amide bonds. The Balaban J connectivity index is 1.37. The largest absolute Gasteiger partial charge is 0.490 e. The van der Waals surface area contributed by atoms with E-state index in [1.54, 1.807) is 0 Å². The van der Waals surface area contributed by atoms with Crippen LogP contribution in [0.1, 0.15) is 24.8 Å². The van der Waals surface area contributed by atoms with Gasteiger partial charge < -0.3 is 35.4 Å². The van der Waals surface area contributed by atoms with Gasteiger partial charge in [0.1, 0.15) is 30.2 Å². The third-order valence-electron chi connectivity index (χ3n) is 5.68. The molecule has 1 aromatic carbocycles. The number of hydrogen-bond acceptors (Lipinski definition) is 16. The molecule has 230 valence electrons. The van der Waals surface area contributed by atoms with Gasteiger partial charge >= 0.3 is 23.5 Å². The molecule has 0 radical (unpaired) electrons. The Hall–Kier alpha value is -2.74. The van der Waals surface area contributed by atoms with Crippen LogP contribution in [0.25, 0.3) is 11.2 Å². The van der Waals surface area contributed by atoms with E-state index in [-0.39, 0.29) is 22.5 Å². The number of fused-ring (bicyclic) bond motifs is 1. The van der Waals surface area contributed by atoms with Crippen LogP contribution in [0, 0.1) is 10.1 Å². The number of ether oxygens (including phenoxy) is 1. The smallest absolute Gasteiger partial charge is 0.387 e. The lowest BCUT2D eigenvalue weighted by Crippen LogP contribution is -2.33. The lowest BCUT2D eigenvalue weighted by Gasteiger charge is -2.21. The van der Waals surface area contributed by atoms with E-state index in [9.17, 15) is 48.7 Å². The first-order valence-electron chi connectivity index (χ1n) is 11.4. The van der Waals surface area contributed by atoms with Crippen molar-refractivity contribution in [1.29, 1.82) is 0 Å². The Bertz CT molecular complexity index is 1620. The second-order valence-electron chi connectivity index (χ2n) is 8.56. The van der Waals surface area contributed by atoms with Crippen LogP contribution >= 0.6 is 23.5 Å². The third-order valence-corrected chi connectivity index (χ3v) is 10.0. The Labute approximate surface area is 234 Å². The maximum absolute atomic E-state index is 12.3. The molecule has 1 aliphatic rings. The van der Waals surface area contributed by atoms with Crippen molar-refractivity contribution < 1.29 is 65.9 Å². The predicted octanol–water partition coefficient (Wildman–Crippen LogP) is 1.06. The quantitative estimate of drug-likeness (QED) is 0.0685. The highest BCUT2D eigenvalue weighted by molar-refractivity contribution is 7.66. The van der Waals surface area contributed by atoms with Crippen molar-refractivity contribution in [3.63, 3.8) is 0 Å². The molecule has 1 aliphatic heterocycles. The second kappa shape index (κ2) is 12.1. The number of imidazole rings is 1. The van der Waals surface area contributed by atoms with Gasteiger partial charge in [-0.25, -0.2) is 28.6 Å². The summed E-state index contributed by atoms with van der Waals surface area (Å²) in [5, 5.41) is 32.0. The highest BCUT2D eigenvalue weighted by Crippen LogP contribution is 2.68. The average molecular weight is 658 g/mol. The minimum Gasteiger partial charge on any atom is -0.387 e. The third kappa shape index (κ3) is 7.24. The number of nitro benzene ring substituents is 1. The van der Waals surface area contributed by atoms with Crippen molar-refractivity contribution >= 4 is 46.1 Å². The minimum atomic E-state index is -5.89. The highest BCUT2D eigenvalue weighted by Gasteiger charge is 2.47. The maximum Gasteiger partial charge on any atom is 0.490 e. The average Bonchev–Trinajstić information content (AvgIpc) is 3.42. The summed E-state index contributed by atoms with van der Waals surface area (Å²) in [4.78, 5) is 51.7. The molecular formula is C18H23N6O15P3. The van der Waals surface area contributed by atoms with Gasteiger partial charge in [0, 0.05) is 6.07 Å². The van der Waals surface area contributed by atoms with Gasteiger partial charge in [0.2, 0.25) is 0 Å². The fourth-order valence-corrected chi connectivity index (χ4v) is 7.56. The topological polar surface area (TPSA) is 311 Å². The number of para-hydroxylation sites is 1. The summed E-state index contributed by atoms with van der Waals surface area (Å²) < 4.78 is 60.8. The van der Waals surface area contributed by atoms with E-state index >= 15 is 0 Å². The molecule has 21 nitrogen and oxygen atoms in total. The molecule has 3 heterocycles. The van der Waals surface area contributed by atoms with E-state index in [4.69, 9.17) is 10.5 Å². The number of hydrogen-bond donors (Lipinski definition) is 6. The number of phosphoric acid groups is 3. The van der Waals surface area contributed by atoms with E-state index in [1.807, 2.05) is 0 Å². The van der Waals surface area contributed by atoms with Crippen LogP contribution in [0.4, 0.5) is 11.5 Å². The van der Waals surface area contributed by atoms with Crippen LogP contribution < -0.4 is 5.73 Å². The standard InChI is InChI=1S/C18H23N6O15P3/c1-9(10-4-2-3-5-11(10)24(27)28)37-41(31,32)39-42(33,34)38-40(29,30)35-6-12-14(25)15(26)18(36-12)23-8-22-13-16(19)20-7-21-17(13)23/h2-5,7-9,12,14-15,18,25-26H,6H2,1H3,(H,29,30)(H,31,32)(H,33,34)(H2,19,20,21)/t9?,12-,14-,15-,18-/m1/s1/i37+2. The molecule has 42 heavy (non-hydrogen) atoms. The molecular weight excluding hydrogens is 635 g/mol. The number of rotatable bonds is 12. The van der Waals surface area contributed by atoms with Gasteiger partial charge in [0.25, 0.3) is 5.69 Å². The van der Waals surface area contributed by atoms with Crippen molar-refractivity contribution in [3.05, 3.63) is 52.6 Å². The summed E-state index contributed by atoms with van der Waals surface area (Å²) >= 11 is 0. The fourth-order valence-electron chi connectivity index (χ4n) is 3.89. The predicted molar refractivity (Wildman–Crippen MR) is 136 cm³/mol. The number of aromatic nitrogens is 4. The SMILES string of the molecule is CC([18O]P(=O)(O)OP(=O)(O)OP(=O)(O)OC[C@H]1O[C@@H](n2cnc3c(N)ncnc32)[C@H](O)[C@@H]1O)c1ccccc1[N+](=O)[O-]. The zero-order chi connectivity index (χ0) is 31.0. The molecule has 4 rings (SSSR count). The van der Waals surface area contributed by atoms with Crippen LogP contribution in [-0.4, -0.2) is 74.3 Å². The van der Waals surface area contributed by atoms with Crippen molar-refractivity contribution in [1.82, 2.24) is 19.5 Å². The van der Waals surface area contributed by atoms with Crippen molar-refractivity contribution in [2.24, 2.45) is 0 Å². The monoisotopic (exact) mass is 658 g/mol. The number of nitrogen functional groups attached to an aromatic ring is 1. The molecule has 24 heteroatoms. The second-order valence-corrected chi connectivity index (χ2v) is 13.1. The summed E-state index contributed by atoms with van der Waals surface area (Å²) in [5.74, 6) is 0.0225. The maximum atomic E-state index is 12.3. The molecule has 7 N–H and O–H groups in total. The summed E-state index contributed by atoms with van der Waals surface area (Å²) in [6.45, 7) is 0.0924. The molecule has 0 bridgehead atoms. The first kappa shape index (κ1) is 32.2. The van der Waals surface area contributed by atoms with Crippen molar-refractivity contribution in [3.8, 4) is 0 Å². The number of anilines is 1. The van der Waals surface area contributed by atoms with Gasteiger partial charge in [-0.15, -0.1) is 0 Å². The lowest BCUT2D eigenvalue weighted by molar-refractivity contribution is -0.386. The highest BCUT2D eigenvalue weighted by atomic mass is 31.3. The number of aliphatic hydroxyl groups excluding tert-OH is 2. The molecule has 0 aliphatic carbocycles. The number of nitrogens with two attached hydrogens (primary N) is 1. The Morgan fingerprint density at radius 3 is 2.50 bits per heavy atom. The van der Waals surface area contributed by atoms with Gasteiger partial charge in [-0.1, -0.05) is 12.1 Å². The lowest BCUT2D eigenvalue weighted by atomic mass is 10.1. The number of nitrogens with zero attached hydrogens (tertiary/aromatic N) is 5. The zero-order valence-electron chi connectivity index (χ0n) is 21.0. The number of aliphatic hydroxyl groups is 2. The van der Waals surface area contributed by atoms with Gasteiger partial charge in [-0.2, -0.15) is 8.62 Å². The molecule has 4 unspecified atom stereocenters. The number of benzene rings is 1. The summed E-state index contributed by atoms with van der Waals surface area (Å²) in [7, 11) is -17.0. The van der Waals surface area contributed by atoms with Crippen LogP contribution in [-0.2, 0) is 36.1 Å². The van der Waals surface area contributed by atoms with Crippen molar-refractivity contribution in [2.75, 3.05) is 12.3 Å². The van der Waals surface area contributed by atoms with Crippen LogP contribution in [0.15, 0.2) is 36.9 Å². The van der Waals surface area contributed by atoms with E-state index in [0.29, 0.717) is 0 Å². The first-order valence-corrected chi connectivity index (χ1v) is 15.9. The van der Waals surface area contributed by atoms with Crippen LogP contribution in [0.2, 0.25) is 0 Å². The molecule has 3 aromatic rings. The van der Waals surface area contributed by atoms with Gasteiger partial charge in [0.15, 0.2) is 17.7 Å². The van der Waals surface area contributed by atoms with E-state index in [1.165, 1.54) is 29.1 Å². The molecule has 1 fully saturated rings. The number of phosphoric ester groups is 2.